The Hall–Kier alpha value is -1.72. The molecular weight excluding hydrogens is 170 g/mol. The Kier molecular flexibility index (Phi) is 1.12. The van der Waals surface area contributed by atoms with Gasteiger partial charge in [-0.05, 0) is 12.8 Å². The monoisotopic (exact) mass is 177 g/mol. The van der Waals surface area contributed by atoms with E-state index >= 15 is 0 Å². The molecule has 1 N–H and O–H groups in total. The van der Waals surface area contributed by atoms with Gasteiger partial charge >= 0.3 is 0 Å². The summed E-state index contributed by atoms with van der Waals surface area (Å²) < 4.78 is 1.73. The third kappa shape index (κ3) is 0.881. The lowest BCUT2D eigenvalue weighted by atomic mass is 10.5. The van der Waals surface area contributed by atoms with Crippen LogP contribution in [0.3, 0.4) is 0 Å². The van der Waals surface area contributed by atoms with Crippen LogP contribution in [0.2, 0.25) is 0 Å². The molecule has 2 aromatic rings. The first-order valence-electron chi connectivity index (χ1n) is 4.15. The first-order chi connectivity index (χ1) is 6.36. The molecule has 0 bridgehead atoms. The van der Waals surface area contributed by atoms with Crippen molar-refractivity contribution in [2.45, 2.75) is 18.9 Å². The van der Waals surface area contributed by atoms with Crippen LogP contribution in [0.25, 0.3) is 11.2 Å². The number of H-pyrrole nitrogens is 1. The minimum Gasteiger partial charge on any atom is -0.311 e. The molecule has 0 aromatic carbocycles. The highest BCUT2D eigenvalue weighted by Gasteiger charge is 2.27. The lowest BCUT2D eigenvalue weighted by molar-refractivity contribution is 0.624. The van der Waals surface area contributed by atoms with E-state index in [1.165, 1.54) is 6.33 Å². The third-order valence-corrected chi connectivity index (χ3v) is 2.16. The summed E-state index contributed by atoms with van der Waals surface area (Å²) in [5.41, 5.74) is 0.692. The smallest absolute Gasteiger partial charge is 0.280 e. The van der Waals surface area contributed by atoms with Gasteiger partial charge in [0.2, 0.25) is 0 Å². The molecule has 0 saturated heterocycles. The van der Waals surface area contributed by atoms with Crippen molar-refractivity contribution < 1.29 is 0 Å². The SMILES string of the molecule is O=c1[nH]cnc2c1nnn2C1CC1. The predicted octanol–water partition coefficient (Wildman–Crippen LogP) is -0.151. The second-order valence-electron chi connectivity index (χ2n) is 3.17. The molecule has 0 spiro atoms. The third-order valence-electron chi connectivity index (χ3n) is 2.16. The number of nitrogens with one attached hydrogen (secondary N) is 1. The van der Waals surface area contributed by atoms with Crippen LogP contribution in [0.1, 0.15) is 18.9 Å². The van der Waals surface area contributed by atoms with Crippen molar-refractivity contribution in [3.8, 4) is 0 Å². The molecule has 1 fully saturated rings. The van der Waals surface area contributed by atoms with E-state index in [0.29, 0.717) is 17.2 Å². The quantitative estimate of drug-likeness (QED) is 0.657. The highest BCUT2D eigenvalue weighted by molar-refractivity contribution is 5.67. The first kappa shape index (κ1) is 6.76. The molecule has 1 aliphatic rings. The molecule has 2 aromatic heterocycles. The first-order valence-corrected chi connectivity index (χ1v) is 4.15. The number of nitrogens with zero attached hydrogens (tertiary/aromatic N) is 4. The summed E-state index contributed by atoms with van der Waals surface area (Å²) >= 11 is 0. The number of aromatic nitrogens is 5. The highest BCUT2D eigenvalue weighted by atomic mass is 16.1. The van der Waals surface area contributed by atoms with E-state index in [9.17, 15) is 4.79 Å². The van der Waals surface area contributed by atoms with Crippen LogP contribution < -0.4 is 5.56 Å². The maximum atomic E-state index is 11.2. The lowest BCUT2D eigenvalue weighted by Gasteiger charge is -1.94. The molecule has 1 aliphatic carbocycles. The largest absolute Gasteiger partial charge is 0.311 e. The molecule has 6 heteroatoms. The Morgan fingerprint density at radius 1 is 1.54 bits per heavy atom. The molecule has 66 valence electrons. The topological polar surface area (TPSA) is 76.5 Å². The van der Waals surface area contributed by atoms with Gasteiger partial charge in [0, 0.05) is 0 Å². The zero-order valence-corrected chi connectivity index (χ0v) is 6.77. The Morgan fingerprint density at radius 2 is 2.38 bits per heavy atom. The van der Waals surface area contributed by atoms with Crippen molar-refractivity contribution in [2.75, 3.05) is 0 Å². The standard InChI is InChI=1S/C7H7N5O/c13-7-5-6(8-3-9-7)12(11-10-5)4-1-2-4/h3-4H,1-2H2,(H,8,9,13). The maximum absolute atomic E-state index is 11.2. The molecule has 2 heterocycles. The molecule has 0 atom stereocenters. The zero-order chi connectivity index (χ0) is 8.84. The summed E-state index contributed by atoms with van der Waals surface area (Å²) in [5.74, 6) is 0. The number of hydrogen-bond acceptors (Lipinski definition) is 4. The molecule has 0 radical (unpaired) electrons. The maximum Gasteiger partial charge on any atom is 0.280 e. The molecule has 0 unspecified atom stereocenters. The second-order valence-corrected chi connectivity index (χ2v) is 3.17. The Labute approximate surface area is 72.6 Å². The van der Waals surface area contributed by atoms with E-state index in [0.717, 1.165) is 12.8 Å². The van der Waals surface area contributed by atoms with E-state index < -0.39 is 0 Å². The number of fused-ring (bicyclic) bond motifs is 1. The van der Waals surface area contributed by atoms with E-state index in [1.54, 1.807) is 4.68 Å². The minimum atomic E-state index is -0.225. The molecule has 6 nitrogen and oxygen atoms in total. The summed E-state index contributed by atoms with van der Waals surface area (Å²) in [6.07, 6.45) is 3.59. The molecule has 0 aliphatic heterocycles. The van der Waals surface area contributed by atoms with Gasteiger partial charge in [-0.2, -0.15) is 0 Å². The summed E-state index contributed by atoms with van der Waals surface area (Å²) in [5, 5.41) is 7.69. The lowest BCUT2D eigenvalue weighted by Crippen LogP contribution is -2.07. The Bertz CT molecular complexity index is 509. The van der Waals surface area contributed by atoms with Crippen molar-refractivity contribution in [3.63, 3.8) is 0 Å². The Morgan fingerprint density at radius 3 is 3.15 bits per heavy atom. The van der Waals surface area contributed by atoms with Gasteiger partial charge in [-0.25, -0.2) is 9.67 Å². The van der Waals surface area contributed by atoms with E-state index in [4.69, 9.17) is 0 Å². The summed E-state index contributed by atoms with van der Waals surface area (Å²) in [4.78, 5) is 17.7. The van der Waals surface area contributed by atoms with Gasteiger partial charge in [0.1, 0.15) is 0 Å². The fourth-order valence-electron chi connectivity index (χ4n) is 1.34. The summed E-state index contributed by atoms with van der Waals surface area (Å²) in [6.45, 7) is 0. The van der Waals surface area contributed by atoms with E-state index in [-0.39, 0.29) is 5.56 Å². The van der Waals surface area contributed by atoms with Gasteiger partial charge in [-0.3, -0.25) is 4.79 Å². The fourth-order valence-corrected chi connectivity index (χ4v) is 1.34. The van der Waals surface area contributed by atoms with E-state index in [1.807, 2.05) is 0 Å². The van der Waals surface area contributed by atoms with Gasteiger partial charge in [-0.15, -0.1) is 5.10 Å². The number of rotatable bonds is 1. The molecule has 0 amide bonds. The second kappa shape index (κ2) is 2.15. The zero-order valence-electron chi connectivity index (χ0n) is 6.77. The van der Waals surface area contributed by atoms with Gasteiger partial charge in [0.05, 0.1) is 12.4 Å². The van der Waals surface area contributed by atoms with Gasteiger partial charge < -0.3 is 4.98 Å². The molecule has 1 saturated carbocycles. The normalized spacial score (nSPS) is 16.6. The van der Waals surface area contributed by atoms with Crippen LogP contribution in [-0.2, 0) is 0 Å². The van der Waals surface area contributed by atoms with Gasteiger partial charge in [-0.1, -0.05) is 5.21 Å². The van der Waals surface area contributed by atoms with Crippen molar-refractivity contribution in [1.29, 1.82) is 0 Å². The van der Waals surface area contributed by atoms with Crippen LogP contribution in [0, 0.1) is 0 Å². The number of aromatic amines is 1. The van der Waals surface area contributed by atoms with Crippen molar-refractivity contribution in [1.82, 2.24) is 25.0 Å². The fraction of sp³-hybridized carbons (Fsp3) is 0.429. The van der Waals surface area contributed by atoms with Gasteiger partial charge in [0.15, 0.2) is 11.2 Å². The minimum absolute atomic E-state index is 0.225. The average molecular weight is 177 g/mol. The molecule has 13 heavy (non-hydrogen) atoms. The summed E-state index contributed by atoms with van der Waals surface area (Å²) in [7, 11) is 0. The average Bonchev–Trinajstić information content (AvgIpc) is 2.87. The van der Waals surface area contributed by atoms with E-state index in [2.05, 4.69) is 20.3 Å². The predicted molar refractivity (Wildman–Crippen MR) is 44.2 cm³/mol. The van der Waals surface area contributed by atoms with Crippen molar-refractivity contribution in [2.24, 2.45) is 0 Å². The van der Waals surface area contributed by atoms with Crippen LogP contribution >= 0.6 is 0 Å². The molecular formula is C7H7N5O. The number of hydrogen-bond donors (Lipinski definition) is 1. The summed E-state index contributed by atoms with van der Waals surface area (Å²) in [6, 6.07) is 0.402. The van der Waals surface area contributed by atoms with Crippen LogP contribution in [0.15, 0.2) is 11.1 Å². The van der Waals surface area contributed by atoms with Crippen LogP contribution in [-0.4, -0.2) is 25.0 Å². The van der Waals surface area contributed by atoms with Crippen molar-refractivity contribution >= 4 is 11.2 Å². The van der Waals surface area contributed by atoms with Gasteiger partial charge in [0.25, 0.3) is 5.56 Å². The molecule has 3 rings (SSSR count). The van der Waals surface area contributed by atoms with Crippen LogP contribution in [0.4, 0.5) is 0 Å². The van der Waals surface area contributed by atoms with Crippen LogP contribution in [0.5, 0.6) is 0 Å². The van der Waals surface area contributed by atoms with Crippen molar-refractivity contribution in [3.05, 3.63) is 16.7 Å². The highest BCUT2D eigenvalue weighted by Crippen LogP contribution is 2.34. The Balaban J connectivity index is 2.38.